The number of aromatic nitrogens is 1. The summed E-state index contributed by atoms with van der Waals surface area (Å²) < 4.78 is 13.0. The van der Waals surface area contributed by atoms with E-state index in [-0.39, 0.29) is 11.7 Å². The summed E-state index contributed by atoms with van der Waals surface area (Å²) in [7, 11) is 0. The van der Waals surface area contributed by atoms with Gasteiger partial charge in [0.1, 0.15) is 5.82 Å². The van der Waals surface area contributed by atoms with Crippen LogP contribution in [-0.4, -0.2) is 16.8 Å². The number of nitrogens with one attached hydrogen (secondary N) is 2. The molecule has 0 aliphatic rings. The summed E-state index contributed by atoms with van der Waals surface area (Å²) in [6.45, 7) is 0. The van der Waals surface area contributed by atoms with Crippen LogP contribution in [0.25, 0.3) is 11.3 Å². The van der Waals surface area contributed by atoms with E-state index in [0.717, 1.165) is 27.8 Å². The van der Waals surface area contributed by atoms with E-state index in [1.54, 1.807) is 12.1 Å². The number of carbonyl (C=O) groups is 1. The largest absolute Gasteiger partial charge is 0.332 e. The van der Waals surface area contributed by atoms with Gasteiger partial charge in [-0.25, -0.2) is 9.37 Å². The Balaban J connectivity index is 1.63. The quantitative estimate of drug-likeness (QED) is 0.513. The van der Waals surface area contributed by atoms with Crippen molar-refractivity contribution in [3.8, 4) is 11.3 Å². The average Bonchev–Trinajstić information content (AvgIpc) is 3.11. The Kier molecular flexibility index (Phi) is 6.20. The molecular weight excluding hydrogens is 373 g/mol. The summed E-state index contributed by atoms with van der Waals surface area (Å²) in [6, 6.07) is 13.6. The second kappa shape index (κ2) is 8.78. The monoisotopic (exact) mass is 389 g/mol. The van der Waals surface area contributed by atoms with Crippen molar-refractivity contribution in [1.29, 1.82) is 0 Å². The number of nitrogens with zero attached hydrogens (tertiary/aromatic N) is 1. The van der Waals surface area contributed by atoms with Gasteiger partial charge in [-0.2, -0.15) is 0 Å². The highest BCUT2D eigenvalue weighted by Crippen LogP contribution is 2.28. The van der Waals surface area contributed by atoms with Crippen molar-refractivity contribution in [2.24, 2.45) is 0 Å². The first-order valence-corrected chi connectivity index (χ1v) is 9.50. The highest BCUT2D eigenvalue weighted by molar-refractivity contribution is 7.14. The molecule has 0 aliphatic carbocycles. The molecular formula is C19H17ClFN3OS. The van der Waals surface area contributed by atoms with E-state index in [1.165, 1.54) is 23.5 Å². The highest BCUT2D eigenvalue weighted by Gasteiger charge is 2.07. The van der Waals surface area contributed by atoms with Gasteiger partial charge in [0.15, 0.2) is 5.13 Å². The van der Waals surface area contributed by atoms with Crippen LogP contribution in [0, 0.1) is 5.82 Å². The van der Waals surface area contributed by atoms with Gasteiger partial charge in [0.25, 0.3) is 0 Å². The van der Waals surface area contributed by atoms with Gasteiger partial charge in [-0.05, 0) is 42.8 Å². The molecule has 134 valence electrons. The summed E-state index contributed by atoms with van der Waals surface area (Å²) in [4.78, 5) is 16.3. The number of carbonyl (C=O) groups excluding carboxylic acids is 1. The van der Waals surface area contributed by atoms with Crippen LogP contribution in [0.4, 0.5) is 20.9 Å². The number of benzene rings is 2. The zero-order valence-corrected chi connectivity index (χ0v) is 15.4. The van der Waals surface area contributed by atoms with E-state index in [1.807, 2.05) is 29.6 Å². The molecule has 0 fully saturated rings. The SMILES string of the molecule is O=C(CCCCl)Nc1ccc(-c2csc(Nc3ccc(F)cc3)n2)cc1. The smallest absolute Gasteiger partial charge is 0.224 e. The van der Waals surface area contributed by atoms with Crippen molar-refractivity contribution in [2.45, 2.75) is 12.8 Å². The summed E-state index contributed by atoms with van der Waals surface area (Å²) in [5, 5.41) is 8.66. The number of hydrogen-bond donors (Lipinski definition) is 2. The average molecular weight is 390 g/mol. The minimum atomic E-state index is -0.273. The third-order valence-corrected chi connectivity index (χ3v) is 4.63. The van der Waals surface area contributed by atoms with Crippen LogP contribution in [0.1, 0.15) is 12.8 Å². The number of alkyl halides is 1. The van der Waals surface area contributed by atoms with E-state index in [9.17, 15) is 9.18 Å². The number of halogens is 2. The van der Waals surface area contributed by atoms with Crippen molar-refractivity contribution in [3.63, 3.8) is 0 Å². The van der Waals surface area contributed by atoms with Gasteiger partial charge >= 0.3 is 0 Å². The lowest BCUT2D eigenvalue weighted by Crippen LogP contribution is -2.11. The number of anilines is 3. The second-order valence-corrected chi connectivity index (χ2v) is 6.82. The first-order chi connectivity index (χ1) is 12.6. The van der Waals surface area contributed by atoms with Crippen molar-refractivity contribution in [2.75, 3.05) is 16.5 Å². The lowest BCUT2D eigenvalue weighted by atomic mass is 10.1. The maximum atomic E-state index is 13.0. The molecule has 3 rings (SSSR count). The molecule has 7 heteroatoms. The van der Waals surface area contributed by atoms with Crippen molar-refractivity contribution >= 4 is 45.4 Å². The first kappa shape index (κ1) is 18.4. The lowest BCUT2D eigenvalue weighted by Gasteiger charge is -2.05. The lowest BCUT2D eigenvalue weighted by molar-refractivity contribution is -0.116. The normalized spacial score (nSPS) is 10.5. The third-order valence-electron chi connectivity index (χ3n) is 3.60. The molecule has 1 heterocycles. The fraction of sp³-hybridized carbons (Fsp3) is 0.158. The molecule has 4 nitrogen and oxygen atoms in total. The Morgan fingerprint density at radius 1 is 1.08 bits per heavy atom. The molecule has 0 saturated carbocycles. The van der Waals surface area contributed by atoms with Gasteiger partial charge in [-0.15, -0.1) is 22.9 Å². The van der Waals surface area contributed by atoms with Gasteiger partial charge in [0.05, 0.1) is 5.69 Å². The fourth-order valence-electron chi connectivity index (χ4n) is 2.30. The molecule has 3 aromatic rings. The van der Waals surface area contributed by atoms with Gasteiger partial charge in [0, 0.05) is 34.6 Å². The Bertz CT molecular complexity index is 865. The maximum absolute atomic E-state index is 13.0. The number of amides is 1. The molecule has 26 heavy (non-hydrogen) atoms. The zero-order valence-electron chi connectivity index (χ0n) is 13.8. The molecule has 0 atom stereocenters. The summed E-state index contributed by atoms with van der Waals surface area (Å²) >= 11 is 7.06. The van der Waals surface area contributed by atoms with Crippen LogP contribution in [0.3, 0.4) is 0 Å². The maximum Gasteiger partial charge on any atom is 0.224 e. The predicted octanol–water partition coefficient (Wildman–Crippen LogP) is 5.65. The standard InChI is InChI=1S/C19H17ClFN3OS/c20-11-1-2-18(25)22-15-7-3-13(4-8-15)17-12-26-19(24-17)23-16-9-5-14(21)6-10-16/h3-10,12H,1-2,11H2,(H,22,25)(H,23,24). The highest BCUT2D eigenvalue weighted by atomic mass is 35.5. The second-order valence-electron chi connectivity index (χ2n) is 5.59. The van der Waals surface area contributed by atoms with Crippen molar-refractivity contribution in [3.05, 3.63) is 59.7 Å². The van der Waals surface area contributed by atoms with Gasteiger partial charge in [0.2, 0.25) is 5.91 Å². The van der Waals surface area contributed by atoms with E-state index < -0.39 is 0 Å². The van der Waals surface area contributed by atoms with Crippen LogP contribution in [0.15, 0.2) is 53.9 Å². The molecule has 0 saturated heterocycles. The van der Waals surface area contributed by atoms with Crippen LogP contribution in [0.5, 0.6) is 0 Å². The summed E-state index contributed by atoms with van der Waals surface area (Å²) in [5.41, 5.74) is 3.31. The van der Waals surface area contributed by atoms with Crippen LogP contribution < -0.4 is 10.6 Å². The Morgan fingerprint density at radius 2 is 1.77 bits per heavy atom. The Labute approximate surface area is 160 Å². The number of rotatable bonds is 7. The Morgan fingerprint density at radius 3 is 2.46 bits per heavy atom. The van der Waals surface area contributed by atoms with Crippen molar-refractivity contribution in [1.82, 2.24) is 4.98 Å². The van der Waals surface area contributed by atoms with E-state index in [2.05, 4.69) is 15.6 Å². The molecule has 1 aromatic heterocycles. The van der Waals surface area contributed by atoms with E-state index >= 15 is 0 Å². The summed E-state index contributed by atoms with van der Waals surface area (Å²) in [6.07, 6.45) is 1.07. The molecule has 0 bridgehead atoms. The Hall–Kier alpha value is -2.44. The van der Waals surface area contributed by atoms with Crippen LogP contribution >= 0.6 is 22.9 Å². The number of hydrogen-bond acceptors (Lipinski definition) is 4. The predicted molar refractivity (Wildman–Crippen MR) is 106 cm³/mol. The van der Waals surface area contributed by atoms with Gasteiger partial charge in [-0.1, -0.05) is 12.1 Å². The third kappa shape index (κ3) is 5.03. The first-order valence-electron chi connectivity index (χ1n) is 8.08. The summed E-state index contributed by atoms with van der Waals surface area (Å²) in [5.74, 6) is 0.160. The molecule has 2 N–H and O–H groups in total. The van der Waals surface area contributed by atoms with E-state index in [4.69, 9.17) is 11.6 Å². The van der Waals surface area contributed by atoms with Crippen molar-refractivity contribution < 1.29 is 9.18 Å². The molecule has 2 aromatic carbocycles. The minimum Gasteiger partial charge on any atom is -0.332 e. The number of thiazole rings is 1. The van der Waals surface area contributed by atoms with Gasteiger partial charge in [-0.3, -0.25) is 4.79 Å². The van der Waals surface area contributed by atoms with Crippen LogP contribution in [-0.2, 0) is 4.79 Å². The molecule has 0 spiro atoms. The fourth-order valence-corrected chi connectivity index (χ4v) is 3.17. The molecule has 1 amide bonds. The van der Waals surface area contributed by atoms with E-state index in [0.29, 0.717) is 18.7 Å². The molecule has 0 radical (unpaired) electrons. The topological polar surface area (TPSA) is 54.0 Å². The zero-order chi connectivity index (χ0) is 18.4. The minimum absolute atomic E-state index is 0.0437. The molecule has 0 aliphatic heterocycles. The van der Waals surface area contributed by atoms with Gasteiger partial charge < -0.3 is 10.6 Å². The molecule has 0 unspecified atom stereocenters. The van der Waals surface area contributed by atoms with Crippen LogP contribution in [0.2, 0.25) is 0 Å².